The molecule has 0 aliphatic carbocycles. The van der Waals surface area contributed by atoms with Crippen LogP contribution in [0.15, 0.2) is 36.7 Å². The zero-order valence-corrected chi connectivity index (χ0v) is 10.1. The van der Waals surface area contributed by atoms with E-state index in [1.165, 1.54) is 0 Å². The minimum Gasteiger partial charge on any atom is -0.388 e. The summed E-state index contributed by atoms with van der Waals surface area (Å²) in [6.45, 7) is 2.10. The van der Waals surface area contributed by atoms with Crippen LogP contribution in [0.3, 0.4) is 0 Å². The lowest BCUT2D eigenvalue weighted by Crippen LogP contribution is -2.01. The van der Waals surface area contributed by atoms with Gasteiger partial charge in [-0.15, -0.1) is 0 Å². The average molecular weight is 233 g/mol. The largest absolute Gasteiger partial charge is 0.388 e. The number of fused-ring (bicyclic) bond motifs is 1. The number of hydrogen-bond donors (Lipinski definition) is 1. The van der Waals surface area contributed by atoms with Gasteiger partial charge in [0.2, 0.25) is 0 Å². The molecule has 2 nitrogen and oxygen atoms in total. The Balaban J connectivity index is 2.36. The van der Waals surface area contributed by atoms with Crippen LogP contribution in [0, 0.1) is 0 Å². The van der Waals surface area contributed by atoms with E-state index < -0.39 is 6.10 Å². The van der Waals surface area contributed by atoms with E-state index >= 15 is 0 Å². The highest BCUT2D eigenvalue weighted by molar-refractivity contribution is 7.99. The Morgan fingerprint density at radius 2 is 2.25 bits per heavy atom. The summed E-state index contributed by atoms with van der Waals surface area (Å²) in [4.78, 5) is 4.09. The van der Waals surface area contributed by atoms with Crippen molar-refractivity contribution in [2.75, 3.05) is 11.5 Å². The van der Waals surface area contributed by atoms with Gasteiger partial charge in [-0.2, -0.15) is 11.8 Å². The molecule has 0 radical (unpaired) electrons. The summed E-state index contributed by atoms with van der Waals surface area (Å²) in [7, 11) is 0. The SMILES string of the molecule is CCSCC(O)c1cccc2cnccc12. The molecule has 2 rings (SSSR count). The van der Waals surface area contributed by atoms with Crippen LogP contribution in [0.4, 0.5) is 0 Å². The van der Waals surface area contributed by atoms with E-state index in [1.54, 1.807) is 18.0 Å². The van der Waals surface area contributed by atoms with E-state index in [4.69, 9.17) is 0 Å². The van der Waals surface area contributed by atoms with Gasteiger partial charge in [0, 0.05) is 23.5 Å². The van der Waals surface area contributed by atoms with Gasteiger partial charge in [0.25, 0.3) is 0 Å². The summed E-state index contributed by atoms with van der Waals surface area (Å²) in [5.41, 5.74) is 1.00. The number of pyridine rings is 1. The van der Waals surface area contributed by atoms with Crippen molar-refractivity contribution in [3.63, 3.8) is 0 Å². The summed E-state index contributed by atoms with van der Waals surface area (Å²) in [5.74, 6) is 1.78. The molecule has 0 aliphatic heterocycles. The predicted octanol–water partition coefficient (Wildman–Crippen LogP) is 3.02. The fourth-order valence-electron chi connectivity index (χ4n) is 1.76. The van der Waals surface area contributed by atoms with Gasteiger partial charge in [-0.3, -0.25) is 4.98 Å². The number of thioether (sulfide) groups is 1. The third-order valence-corrected chi connectivity index (χ3v) is 3.51. The first kappa shape index (κ1) is 11.4. The molecule has 1 unspecified atom stereocenters. The van der Waals surface area contributed by atoms with Crippen molar-refractivity contribution < 1.29 is 5.11 Å². The van der Waals surface area contributed by atoms with Crippen LogP contribution in [0.5, 0.6) is 0 Å². The molecule has 0 fully saturated rings. The van der Waals surface area contributed by atoms with Gasteiger partial charge >= 0.3 is 0 Å². The number of aromatic nitrogens is 1. The van der Waals surface area contributed by atoms with Crippen LogP contribution in [-0.4, -0.2) is 21.6 Å². The number of rotatable bonds is 4. The number of benzene rings is 1. The molecule has 0 saturated carbocycles. The molecule has 2 aromatic rings. The van der Waals surface area contributed by atoms with E-state index in [1.807, 2.05) is 30.5 Å². The van der Waals surface area contributed by atoms with Crippen molar-refractivity contribution in [1.29, 1.82) is 0 Å². The lowest BCUT2D eigenvalue weighted by Gasteiger charge is -2.12. The quantitative estimate of drug-likeness (QED) is 0.881. The van der Waals surface area contributed by atoms with Crippen LogP contribution in [0.25, 0.3) is 10.8 Å². The topological polar surface area (TPSA) is 33.1 Å². The number of aliphatic hydroxyl groups excluding tert-OH is 1. The lowest BCUT2D eigenvalue weighted by molar-refractivity contribution is 0.205. The Kier molecular flexibility index (Phi) is 3.80. The Hall–Kier alpha value is -1.06. The fourth-order valence-corrected chi connectivity index (χ4v) is 2.40. The van der Waals surface area contributed by atoms with E-state index in [9.17, 15) is 5.11 Å². The zero-order chi connectivity index (χ0) is 11.4. The molecule has 0 spiro atoms. The normalized spacial score (nSPS) is 12.9. The van der Waals surface area contributed by atoms with E-state index in [2.05, 4.69) is 11.9 Å². The van der Waals surface area contributed by atoms with Gasteiger partial charge < -0.3 is 5.11 Å². The maximum atomic E-state index is 10.1. The van der Waals surface area contributed by atoms with Crippen LogP contribution in [0.1, 0.15) is 18.6 Å². The molecule has 0 aliphatic rings. The van der Waals surface area contributed by atoms with Gasteiger partial charge in [0.15, 0.2) is 0 Å². The zero-order valence-electron chi connectivity index (χ0n) is 9.26. The molecule has 1 aromatic heterocycles. The van der Waals surface area contributed by atoms with Crippen molar-refractivity contribution in [2.45, 2.75) is 13.0 Å². The van der Waals surface area contributed by atoms with Gasteiger partial charge in [-0.1, -0.05) is 25.1 Å². The molecule has 0 amide bonds. The monoisotopic (exact) mass is 233 g/mol. The molecule has 0 saturated heterocycles. The third-order valence-electron chi connectivity index (χ3n) is 2.55. The van der Waals surface area contributed by atoms with Crippen LogP contribution >= 0.6 is 11.8 Å². The summed E-state index contributed by atoms with van der Waals surface area (Å²) < 4.78 is 0. The summed E-state index contributed by atoms with van der Waals surface area (Å²) in [6.07, 6.45) is 3.21. The lowest BCUT2D eigenvalue weighted by atomic mass is 10.0. The first-order chi connectivity index (χ1) is 7.83. The van der Waals surface area contributed by atoms with Gasteiger partial charge in [-0.05, 0) is 22.8 Å². The van der Waals surface area contributed by atoms with Crippen LogP contribution in [0.2, 0.25) is 0 Å². The molecule has 3 heteroatoms. The predicted molar refractivity (Wildman–Crippen MR) is 69.7 cm³/mol. The Morgan fingerprint density at radius 1 is 1.38 bits per heavy atom. The Labute approximate surface area is 99.7 Å². The molecular formula is C13H15NOS. The first-order valence-corrected chi connectivity index (χ1v) is 6.57. The molecule has 1 atom stereocenters. The second-order valence-electron chi connectivity index (χ2n) is 3.62. The molecular weight excluding hydrogens is 218 g/mol. The third kappa shape index (κ3) is 2.36. The number of aliphatic hydroxyl groups is 1. The minimum absolute atomic E-state index is 0.393. The van der Waals surface area contributed by atoms with E-state index in [-0.39, 0.29) is 0 Å². The number of nitrogens with zero attached hydrogens (tertiary/aromatic N) is 1. The number of hydrogen-bond acceptors (Lipinski definition) is 3. The van der Waals surface area contributed by atoms with Gasteiger partial charge in [0.1, 0.15) is 0 Å². The van der Waals surface area contributed by atoms with E-state index in [0.29, 0.717) is 0 Å². The van der Waals surface area contributed by atoms with Crippen molar-refractivity contribution in [3.8, 4) is 0 Å². The standard InChI is InChI=1S/C13H15NOS/c1-2-16-9-13(15)12-5-3-4-10-8-14-7-6-11(10)12/h3-8,13,15H,2,9H2,1H3. The van der Waals surface area contributed by atoms with Crippen LogP contribution in [-0.2, 0) is 0 Å². The first-order valence-electron chi connectivity index (χ1n) is 5.41. The summed E-state index contributed by atoms with van der Waals surface area (Å²) in [6, 6.07) is 7.94. The second kappa shape index (κ2) is 5.32. The van der Waals surface area contributed by atoms with Crippen molar-refractivity contribution in [1.82, 2.24) is 4.98 Å². The second-order valence-corrected chi connectivity index (χ2v) is 4.94. The Morgan fingerprint density at radius 3 is 3.06 bits per heavy atom. The van der Waals surface area contributed by atoms with Gasteiger partial charge in [-0.25, -0.2) is 0 Å². The highest BCUT2D eigenvalue weighted by Gasteiger charge is 2.10. The maximum absolute atomic E-state index is 10.1. The van der Waals surface area contributed by atoms with E-state index in [0.717, 1.165) is 27.8 Å². The minimum atomic E-state index is -0.393. The smallest absolute Gasteiger partial charge is 0.0886 e. The summed E-state index contributed by atoms with van der Waals surface area (Å²) >= 11 is 1.75. The molecule has 1 heterocycles. The van der Waals surface area contributed by atoms with Crippen molar-refractivity contribution >= 4 is 22.5 Å². The van der Waals surface area contributed by atoms with Gasteiger partial charge in [0.05, 0.1) is 6.10 Å². The molecule has 84 valence electrons. The fraction of sp³-hybridized carbons (Fsp3) is 0.308. The van der Waals surface area contributed by atoms with Crippen molar-refractivity contribution in [3.05, 3.63) is 42.2 Å². The van der Waals surface area contributed by atoms with Crippen molar-refractivity contribution in [2.24, 2.45) is 0 Å². The highest BCUT2D eigenvalue weighted by atomic mass is 32.2. The molecule has 1 N–H and O–H groups in total. The molecule has 0 bridgehead atoms. The average Bonchev–Trinajstić information content (AvgIpc) is 2.35. The Bertz CT molecular complexity index is 467. The van der Waals surface area contributed by atoms with Crippen LogP contribution < -0.4 is 0 Å². The maximum Gasteiger partial charge on any atom is 0.0886 e. The summed E-state index contributed by atoms with van der Waals surface area (Å²) in [5, 5.41) is 12.3. The molecule has 1 aromatic carbocycles. The highest BCUT2D eigenvalue weighted by Crippen LogP contribution is 2.25. The molecule has 16 heavy (non-hydrogen) atoms.